The van der Waals surface area contributed by atoms with Gasteiger partial charge in [0.2, 0.25) is 0 Å². The second kappa shape index (κ2) is 1.85. The fourth-order valence-electron chi connectivity index (χ4n) is 0.906. The first-order chi connectivity index (χ1) is 5.29. The maximum Gasteiger partial charge on any atom is 0.277 e. The molecule has 11 heavy (non-hydrogen) atoms. The second-order valence-electron chi connectivity index (χ2n) is 2.07. The van der Waals surface area contributed by atoms with Gasteiger partial charge >= 0.3 is 0 Å². The number of amides is 2. The summed E-state index contributed by atoms with van der Waals surface area (Å²) in [4.78, 5) is 29.0. The summed E-state index contributed by atoms with van der Waals surface area (Å²) in [5.41, 5.74) is 0.405. The Bertz CT molecular complexity index is 314. The van der Waals surface area contributed by atoms with Crippen LogP contribution in [0.5, 0.6) is 0 Å². The lowest BCUT2D eigenvalue weighted by Gasteiger charge is -1.86. The molecule has 0 unspecified atom stereocenters. The maximum absolute atomic E-state index is 10.9. The summed E-state index contributed by atoms with van der Waals surface area (Å²) in [6.45, 7) is 0. The average Bonchev–Trinajstić information content (AvgIpc) is 2.30. The molecular formula is C6H3N3O2. The minimum absolute atomic E-state index is 0.157. The third kappa shape index (κ3) is 0.706. The number of imide groups is 1. The number of hydrogen-bond donors (Lipinski definition) is 1. The molecule has 0 bridgehead atoms. The molecule has 0 saturated heterocycles. The molecule has 1 aromatic heterocycles. The van der Waals surface area contributed by atoms with E-state index in [1.165, 1.54) is 12.5 Å². The lowest BCUT2D eigenvalue weighted by atomic mass is 10.3. The highest BCUT2D eigenvalue weighted by atomic mass is 16.2. The van der Waals surface area contributed by atoms with Gasteiger partial charge in [-0.2, -0.15) is 0 Å². The van der Waals surface area contributed by atoms with E-state index >= 15 is 0 Å². The normalized spacial score (nSPS) is 14.5. The fraction of sp³-hybridized carbons (Fsp3) is 0. The van der Waals surface area contributed by atoms with Gasteiger partial charge in [-0.1, -0.05) is 0 Å². The molecule has 1 N–H and O–H groups in total. The zero-order chi connectivity index (χ0) is 7.84. The molecule has 2 amide bonds. The predicted molar refractivity (Wildman–Crippen MR) is 33.8 cm³/mol. The highest BCUT2D eigenvalue weighted by Gasteiger charge is 2.27. The van der Waals surface area contributed by atoms with Crippen LogP contribution in [0.3, 0.4) is 0 Å². The minimum Gasteiger partial charge on any atom is -0.287 e. The smallest absolute Gasteiger partial charge is 0.277 e. The van der Waals surface area contributed by atoms with Gasteiger partial charge in [0.25, 0.3) is 11.8 Å². The van der Waals surface area contributed by atoms with E-state index < -0.39 is 11.8 Å². The van der Waals surface area contributed by atoms with Crippen LogP contribution in [0.1, 0.15) is 20.8 Å². The van der Waals surface area contributed by atoms with Crippen molar-refractivity contribution < 1.29 is 9.59 Å². The van der Waals surface area contributed by atoms with Gasteiger partial charge in [-0.3, -0.25) is 14.9 Å². The highest BCUT2D eigenvalue weighted by molar-refractivity contribution is 6.20. The number of carbonyl (C=O) groups is 2. The first-order valence-corrected chi connectivity index (χ1v) is 2.95. The van der Waals surface area contributed by atoms with Crippen LogP contribution in [0.4, 0.5) is 0 Å². The Kier molecular flexibility index (Phi) is 1.00. The lowest BCUT2D eigenvalue weighted by Crippen LogP contribution is -2.20. The highest BCUT2D eigenvalue weighted by Crippen LogP contribution is 2.09. The molecule has 1 aromatic rings. The van der Waals surface area contributed by atoms with Gasteiger partial charge in [-0.25, -0.2) is 9.97 Å². The van der Waals surface area contributed by atoms with Crippen LogP contribution in [0.2, 0.25) is 0 Å². The Morgan fingerprint density at radius 2 is 2.09 bits per heavy atom. The van der Waals surface area contributed by atoms with E-state index in [1.807, 2.05) is 0 Å². The van der Waals surface area contributed by atoms with Crippen molar-refractivity contribution in [3.8, 4) is 0 Å². The molecule has 0 fully saturated rings. The Morgan fingerprint density at radius 1 is 1.27 bits per heavy atom. The van der Waals surface area contributed by atoms with E-state index in [1.54, 1.807) is 0 Å². The fourth-order valence-corrected chi connectivity index (χ4v) is 0.906. The number of rotatable bonds is 0. The number of carbonyl (C=O) groups excluding carboxylic acids is 2. The van der Waals surface area contributed by atoms with Crippen molar-refractivity contribution in [2.24, 2.45) is 0 Å². The van der Waals surface area contributed by atoms with Gasteiger partial charge in [-0.05, 0) is 0 Å². The number of fused-ring (bicyclic) bond motifs is 1. The van der Waals surface area contributed by atoms with Crippen molar-refractivity contribution in [3.05, 3.63) is 23.8 Å². The number of nitrogens with zero attached hydrogens (tertiary/aromatic N) is 2. The van der Waals surface area contributed by atoms with E-state index in [0.717, 1.165) is 0 Å². The molecule has 2 heterocycles. The predicted octanol–water partition coefficient (Wildman–Crippen LogP) is -0.640. The first kappa shape index (κ1) is 5.96. The van der Waals surface area contributed by atoms with Gasteiger partial charge in [0, 0.05) is 6.20 Å². The van der Waals surface area contributed by atoms with Crippen molar-refractivity contribution in [2.45, 2.75) is 0 Å². The van der Waals surface area contributed by atoms with Crippen LogP contribution in [-0.4, -0.2) is 21.8 Å². The van der Waals surface area contributed by atoms with E-state index in [2.05, 4.69) is 15.3 Å². The monoisotopic (exact) mass is 149 g/mol. The Balaban J connectivity index is 2.69. The largest absolute Gasteiger partial charge is 0.287 e. The summed E-state index contributed by atoms with van der Waals surface area (Å²) >= 11 is 0. The second-order valence-corrected chi connectivity index (χ2v) is 2.07. The van der Waals surface area contributed by atoms with Crippen LogP contribution in [0.15, 0.2) is 12.5 Å². The van der Waals surface area contributed by atoms with Crippen LogP contribution in [-0.2, 0) is 0 Å². The molecule has 5 nitrogen and oxygen atoms in total. The molecule has 0 aromatic carbocycles. The molecule has 0 radical (unpaired) electrons. The minimum atomic E-state index is -0.451. The molecule has 1 aliphatic heterocycles. The summed E-state index contributed by atoms with van der Waals surface area (Å²) in [6.07, 6.45) is 2.56. The molecule has 0 saturated carbocycles. The molecule has 0 atom stereocenters. The zero-order valence-electron chi connectivity index (χ0n) is 5.37. The molecular weight excluding hydrogens is 146 g/mol. The lowest BCUT2D eigenvalue weighted by molar-refractivity contribution is 0.0878. The van der Waals surface area contributed by atoms with Crippen molar-refractivity contribution in [3.63, 3.8) is 0 Å². The summed E-state index contributed by atoms with van der Waals surface area (Å²) in [5.74, 6) is -0.877. The van der Waals surface area contributed by atoms with Crippen molar-refractivity contribution in [1.29, 1.82) is 0 Å². The molecule has 5 heteroatoms. The van der Waals surface area contributed by atoms with Crippen molar-refractivity contribution >= 4 is 11.8 Å². The molecule has 2 rings (SSSR count). The third-order valence-corrected chi connectivity index (χ3v) is 1.40. The Labute approximate surface area is 61.5 Å². The van der Waals surface area contributed by atoms with Gasteiger partial charge in [0.15, 0.2) is 0 Å². The first-order valence-electron chi connectivity index (χ1n) is 2.95. The third-order valence-electron chi connectivity index (χ3n) is 1.40. The topological polar surface area (TPSA) is 72.0 Å². The van der Waals surface area contributed by atoms with Crippen molar-refractivity contribution in [2.75, 3.05) is 0 Å². The van der Waals surface area contributed by atoms with E-state index in [9.17, 15) is 9.59 Å². The molecule has 54 valence electrons. The molecule has 0 aliphatic carbocycles. The van der Waals surface area contributed by atoms with Crippen LogP contribution in [0, 0.1) is 0 Å². The van der Waals surface area contributed by atoms with Crippen LogP contribution < -0.4 is 5.32 Å². The van der Waals surface area contributed by atoms with Gasteiger partial charge in [-0.15, -0.1) is 0 Å². The summed E-state index contributed by atoms with van der Waals surface area (Å²) in [5, 5.41) is 2.10. The van der Waals surface area contributed by atoms with Gasteiger partial charge < -0.3 is 0 Å². The van der Waals surface area contributed by atoms with Crippen LogP contribution >= 0.6 is 0 Å². The SMILES string of the molecule is O=C1NC(=O)c2ncncc21. The maximum atomic E-state index is 10.9. The number of nitrogens with one attached hydrogen (secondary N) is 1. The molecule has 1 aliphatic rings. The number of aromatic nitrogens is 2. The van der Waals surface area contributed by atoms with Gasteiger partial charge in [0.1, 0.15) is 12.0 Å². The standard InChI is InChI=1S/C6H3N3O2/c10-5-3-1-7-2-8-4(3)6(11)9-5/h1-2H,(H,9,10,11). The average molecular weight is 149 g/mol. The van der Waals surface area contributed by atoms with E-state index in [0.29, 0.717) is 0 Å². The quantitative estimate of drug-likeness (QED) is 0.498. The summed E-state index contributed by atoms with van der Waals surface area (Å²) in [6, 6.07) is 0. The van der Waals surface area contributed by atoms with Gasteiger partial charge in [0.05, 0.1) is 5.56 Å². The molecule has 0 spiro atoms. The zero-order valence-corrected chi connectivity index (χ0v) is 5.37. The van der Waals surface area contributed by atoms with E-state index in [-0.39, 0.29) is 11.3 Å². The summed E-state index contributed by atoms with van der Waals surface area (Å²) in [7, 11) is 0. The number of hydrogen-bond acceptors (Lipinski definition) is 4. The van der Waals surface area contributed by atoms with Crippen LogP contribution in [0.25, 0.3) is 0 Å². The van der Waals surface area contributed by atoms with Crippen molar-refractivity contribution in [1.82, 2.24) is 15.3 Å². The Morgan fingerprint density at radius 3 is 2.82 bits per heavy atom. The summed E-state index contributed by atoms with van der Waals surface area (Å²) < 4.78 is 0. The van der Waals surface area contributed by atoms with E-state index in [4.69, 9.17) is 0 Å². The Hall–Kier alpha value is -1.78.